The number of aliphatic hydroxyl groups excluding tert-OH is 4. The van der Waals surface area contributed by atoms with Crippen molar-refractivity contribution in [2.24, 2.45) is 0 Å². The molecule has 5 aromatic heterocycles. The number of halogens is 20. The van der Waals surface area contributed by atoms with Gasteiger partial charge in [0.25, 0.3) is 5.97 Å². The van der Waals surface area contributed by atoms with Crippen LogP contribution >= 0.6 is 58.0 Å². The Morgan fingerprint density at radius 3 is 1.06 bits per heavy atom. The molecule has 0 spiro atoms. The van der Waals surface area contributed by atoms with Crippen LogP contribution < -0.4 is 77.4 Å². The van der Waals surface area contributed by atoms with Gasteiger partial charge in [-0.3, -0.25) is 4.79 Å². The summed E-state index contributed by atoms with van der Waals surface area (Å²) in [6.45, 7) is 0.828. The van der Waals surface area contributed by atoms with Crippen LogP contribution in [0.1, 0.15) is 165 Å². The Balaban J connectivity index is 0.000000241. The number of nitrogens with one attached hydrogen (secondary N) is 1. The van der Waals surface area contributed by atoms with E-state index in [1.165, 1.54) is 43.9 Å². The number of rotatable bonds is 5. The molecule has 5 aromatic rings. The third kappa shape index (κ3) is 29.3. The fraction of sp³-hybridized carbons (Fsp3) is 0.620. The number of hydrogen-bond donors (Lipinski definition) is 7. The zero-order chi connectivity index (χ0) is 81.0. The Kier molecular flexibility index (Phi) is 36.1. The maximum absolute atomic E-state index is 12.7. The van der Waals surface area contributed by atoms with Crippen molar-refractivity contribution in [3.8, 4) is 5.88 Å². The summed E-state index contributed by atoms with van der Waals surface area (Å²) in [6.07, 6.45) is -0.926. The predicted octanol–water partition coefficient (Wildman–Crippen LogP) is 13.9. The van der Waals surface area contributed by atoms with E-state index in [2.05, 4.69) is 47.1 Å². The largest absolute Gasteiger partial charge is 1.00 e. The van der Waals surface area contributed by atoms with Crippen LogP contribution in [0.2, 0.25) is 10.3 Å². The molecule has 10 aliphatic heterocycles. The summed E-state index contributed by atoms with van der Waals surface area (Å²) in [5, 5.41) is 48.9. The maximum atomic E-state index is 12.7. The summed E-state index contributed by atoms with van der Waals surface area (Å²) < 4.78 is 194. The first-order chi connectivity index (χ1) is 51.3. The van der Waals surface area contributed by atoms with Gasteiger partial charge in [-0.1, -0.05) is 58.0 Å². The first kappa shape index (κ1) is 96.5. The number of pyridine rings is 5. The van der Waals surface area contributed by atoms with Gasteiger partial charge in [0.05, 0.1) is 52.2 Å². The second-order valence-electron chi connectivity index (χ2n) is 28.4. The van der Waals surface area contributed by atoms with E-state index in [-0.39, 0.29) is 149 Å². The third-order valence-electron chi connectivity index (χ3n) is 20.3. The molecule has 41 heteroatoms. The van der Waals surface area contributed by atoms with Crippen molar-refractivity contribution in [1.82, 2.24) is 46.2 Å². The van der Waals surface area contributed by atoms with E-state index in [1.807, 2.05) is 4.90 Å². The average molecular weight is 1740 g/mol. The molecular formula is C71H88Cl5F15KN11O9. The van der Waals surface area contributed by atoms with E-state index in [1.54, 1.807) is 4.90 Å². The molecule has 0 radical (unpaired) electrons. The number of fused-ring (bicyclic) bond motifs is 10. The number of carboxylic acid groups (broad SMARTS) is 1. The first-order valence-electron chi connectivity index (χ1n) is 35.4. The first-order valence-corrected chi connectivity index (χ1v) is 37.3. The maximum Gasteiger partial charge on any atom is 1.00 e. The number of aliphatic hydroxyl groups is 4. The summed E-state index contributed by atoms with van der Waals surface area (Å²) in [7, 11) is 2.19. The van der Waals surface area contributed by atoms with Gasteiger partial charge in [0.2, 0.25) is 9.67 Å². The smallest absolute Gasteiger partial charge is 1.00 e. The van der Waals surface area contributed by atoms with Crippen molar-refractivity contribution in [2.45, 2.75) is 261 Å². The number of hydrogen-bond acceptors (Lipinski definition) is 18. The number of aromatic nitrogens is 5. The summed E-state index contributed by atoms with van der Waals surface area (Å²) in [6, 6.07) is 14.3. The van der Waals surface area contributed by atoms with Crippen LogP contribution in [0.25, 0.3) is 0 Å². The number of amides is 1. The fourth-order valence-electron chi connectivity index (χ4n) is 15.5. The number of anilines is 2. The summed E-state index contributed by atoms with van der Waals surface area (Å²) in [5.41, 5.74) is -3.93. The zero-order valence-corrected chi connectivity index (χ0v) is 67.7. The quantitative estimate of drug-likeness (QED) is 0.0373. The molecule has 10 aliphatic rings. The SMILES string of the molecule is CC(=O)O.CN1[C@@H]2CC[C@H]1CC(O)C2.FC(F)(F)c1ccc(Cl)nc1.FC(F)(F)c1ccc(Cl)nc1.FC(F)(F)c1ccc(OC2C[C@H]3CC[C@@H](C2)N3c2ccc(C(F)(F)F)cn2)nc1.N.O=C(OCC(Cl)(Cl)Cl)N1[C@@H]2CC[C@H]1CC(O)C2.OC1C[C@H]2CC[C@@H](C1)N2.OC1C[C@H]2CC[C@@H](C1)N2c1ccc(C(F)(F)F)cn1.[H-].[K+]. The van der Waals surface area contributed by atoms with E-state index in [0.717, 1.165) is 132 Å². The van der Waals surface area contributed by atoms with Crippen LogP contribution in [-0.2, 0) is 40.4 Å². The molecule has 622 valence electrons. The van der Waals surface area contributed by atoms with Crippen LogP contribution in [0.5, 0.6) is 5.88 Å². The molecular weight excluding hydrogens is 1650 g/mol. The van der Waals surface area contributed by atoms with E-state index < -0.39 is 74.6 Å². The zero-order valence-electron chi connectivity index (χ0n) is 61.8. The van der Waals surface area contributed by atoms with Gasteiger partial charge in [0.1, 0.15) is 34.7 Å². The van der Waals surface area contributed by atoms with Crippen LogP contribution in [0.15, 0.2) is 91.6 Å². The molecule has 20 nitrogen and oxygen atoms in total. The Labute approximate surface area is 705 Å². The van der Waals surface area contributed by atoms with Gasteiger partial charge in [-0.15, -0.1) is 0 Å². The van der Waals surface area contributed by atoms with Crippen molar-refractivity contribution in [3.05, 3.63) is 130 Å². The minimum atomic E-state index is -4.45. The molecule has 5 unspecified atom stereocenters. The van der Waals surface area contributed by atoms with Crippen LogP contribution in [0.4, 0.5) is 82.3 Å². The van der Waals surface area contributed by atoms with Crippen molar-refractivity contribution >= 4 is 81.7 Å². The number of nitrogens with zero attached hydrogens (tertiary/aromatic N) is 9. The van der Waals surface area contributed by atoms with E-state index in [9.17, 15) is 91.1 Å². The summed E-state index contributed by atoms with van der Waals surface area (Å²) in [5.74, 6) is 0.382. The summed E-state index contributed by atoms with van der Waals surface area (Å²) >= 11 is 27.1. The molecule has 15 rings (SSSR count). The fourth-order valence-corrected chi connectivity index (χ4v) is 15.9. The van der Waals surface area contributed by atoms with Gasteiger partial charge < -0.3 is 67.5 Å². The molecule has 0 saturated carbocycles. The van der Waals surface area contributed by atoms with Gasteiger partial charge in [-0.25, -0.2) is 29.7 Å². The molecule has 10 bridgehead atoms. The standard InChI is InChI=1S/C19H17F6N3O.C13H15F3N2O.C10H14Cl3NO3.C8H15NO.C7H13NO.2C6H3ClF3N.C2H4O2.K.H3N.H/c20-18(21,22)11-1-5-16(26-9-11)28-13-3-4-14(28)8-15(7-13)29-17-6-2-12(10-27-17)19(23,24)25;14-13(15,16)8-1-4-12(17-7-8)18-9-2-3-10(18)6-11(19)5-9;11-10(12,13)5-17-9(16)14-6-1-2-7(14)4-8(15)3-6;1-9-6-2-3-7(9)5-8(10)4-6;9-7-3-5-1-2-6(4-7)8-5;2*7-5-2-1-4(3-11-5)6(8,9)10;1-2(3)4;;;/h1-2,5-6,9-10,13-15H,3-4,7-8H2;1,4,7,9-11,19H,2-3,5-6H2;6-8,15H,1-5H2;6-8,10H,2-5H2,1H3;5-9H,1-4H2;2*1-3H;1H3,(H,3,4);;1H3;/q;;;;;;;;+1;;-1/t13-,14+,15?;9-,10+,11?;2*6-,7+,8?;5-,6+,7?;;;;;;. The Hall–Kier alpha value is -4.35. The summed E-state index contributed by atoms with van der Waals surface area (Å²) in [4.78, 5) is 47.4. The van der Waals surface area contributed by atoms with Crippen LogP contribution in [0.3, 0.4) is 0 Å². The van der Waals surface area contributed by atoms with Gasteiger partial charge in [0, 0.05) is 117 Å². The minimum Gasteiger partial charge on any atom is -1.00 e. The number of piperidine rings is 5. The molecule has 15 atom stereocenters. The monoisotopic (exact) mass is 1740 g/mol. The Bertz CT molecular complexity index is 3590. The molecule has 15 heterocycles. The molecule has 10 saturated heterocycles. The van der Waals surface area contributed by atoms with Gasteiger partial charge in [-0.2, -0.15) is 65.9 Å². The van der Waals surface area contributed by atoms with Crippen molar-refractivity contribution in [2.75, 3.05) is 23.5 Å². The van der Waals surface area contributed by atoms with E-state index in [0.29, 0.717) is 86.7 Å². The predicted molar refractivity (Wildman–Crippen MR) is 384 cm³/mol. The number of ether oxygens (including phenoxy) is 2. The second-order valence-corrected chi connectivity index (χ2v) is 31.7. The van der Waals surface area contributed by atoms with E-state index in [4.69, 9.17) is 77.4 Å². The number of carboxylic acids is 1. The minimum absolute atomic E-state index is 0. The number of carbonyl (C=O) groups is 2. The van der Waals surface area contributed by atoms with Gasteiger partial charge in [-0.05, 0) is 177 Å². The number of alkyl halides is 18. The Morgan fingerprint density at radius 1 is 0.455 bits per heavy atom. The van der Waals surface area contributed by atoms with Crippen molar-refractivity contribution in [1.29, 1.82) is 0 Å². The topological polar surface area (TPSA) is 278 Å². The van der Waals surface area contributed by atoms with Crippen LogP contribution in [-0.4, -0.2) is 181 Å². The molecule has 112 heavy (non-hydrogen) atoms. The molecule has 1 amide bonds. The second kappa shape index (κ2) is 41.9. The number of aliphatic carboxylic acids is 1. The Morgan fingerprint density at radius 2 is 0.750 bits per heavy atom. The van der Waals surface area contributed by atoms with Gasteiger partial charge in [0.15, 0.2) is 0 Å². The van der Waals surface area contributed by atoms with Crippen LogP contribution in [0, 0.1) is 0 Å². The van der Waals surface area contributed by atoms with Crippen molar-refractivity contribution in [3.63, 3.8) is 0 Å². The van der Waals surface area contributed by atoms with Gasteiger partial charge >= 0.3 is 88.4 Å². The third-order valence-corrected chi connectivity index (χ3v) is 21.1. The molecule has 10 fully saturated rings. The normalized spacial score (nSPS) is 27.3. The molecule has 9 N–H and O–H groups in total. The van der Waals surface area contributed by atoms with E-state index >= 15 is 0 Å². The number of carbonyl (C=O) groups excluding carboxylic acids is 1. The molecule has 0 aliphatic carbocycles. The average Bonchev–Trinajstić information content (AvgIpc) is 1.66. The van der Waals surface area contributed by atoms with Crippen molar-refractivity contribution < 1.29 is 163 Å². The molecule has 0 aromatic carbocycles.